The molecular weight excluding hydrogens is 256 g/mol. The van der Waals surface area contributed by atoms with Gasteiger partial charge in [0.1, 0.15) is 5.75 Å². The van der Waals surface area contributed by atoms with Crippen LogP contribution in [-0.4, -0.2) is 41.5 Å². The molecule has 5 heteroatoms. The van der Waals surface area contributed by atoms with Gasteiger partial charge in [0.15, 0.2) is 0 Å². The van der Waals surface area contributed by atoms with Gasteiger partial charge in [-0.05, 0) is 31.0 Å². The van der Waals surface area contributed by atoms with Crippen molar-refractivity contribution in [2.45, 2.75) is 20.3 Å². The van der Waals surface area contributed by atoms with Crippen molar-refractivity contribution >= 4 is 11.8 Å². The Morgan fingerprint density at radius 3 is 2.60 bits per heavy atom. The highest BCUT2D eigenvalue weighted by molar-refractivity contribution is 5.98. The molecule has 1 heterocycles. The number of phenolic OH excluding ortho intramolecular Hbond substituents is 1. The summed E-state index contributed by atoms with van der Waals surface area (Å²) < 4.78 is 0. The van der Waals surface area contributed by atoms with E-state index in [0.29, 0.717) is 25.2 Å². The largest absolute Gasteiger partial charge is 0.507 e. The van der Waals surface area contributed by atoms with Gasteiger partial charge in [-0.15, -0.1) is 0 Å². The molecule has 108 valence electrons. The lowest BCUT2D eigenvalue weighted by Crippen LogP contribution is -2.55. The van der Waals surface area contributed by atoms with E-state index in [1.807, 2.05) is 19.9 Å². The van der Waals surface area contributed by atoms with Crippen molar-refractivity contribution in [1.29, 1.82) is 0 Å². The quantitative estimate of drug-likeness (QED) is 0.867. The van der Waals surface area contributed by atoms with Gasteiger partial charge in [-0.1, -0.05) is 13.0 Å². The number of hydrogen-bond acceptors (Lipinski definition) is 3. The zero-order valence-corrected chi connectivity index (χ0v) is 11.8. The number of hydrogen-bond donors (Lipinski definition) is 2. The lowest BCUT2D eigenvalue weighted by molar-refractivity contribution is -0.128. The second kappa shape index (κ2) is 5.94. The van der Waals surface area contributed by atoms with E-state index in [0.717, 1.165) is 12.0 Å². The number of nitrogens with one attached hydrogen (secondary N) is 1. The summed E-state index contributed by atoms with van der Waals surface area (Å²) in [5.74, 6) is -0.348. The van der Waals surface area contributed by atoms with Gasteiger partial charge in [0, 0.05) is 19.6 Å². The molecule has 2 rings (SSSR count). The van der Waals surface area contributed by atoms with Gasteiger partial charge >= 0.3 is 0 Å². The fourth-order valence-corrected chi connectivity index (χ4v) is 2.28. The molecule has 1 saturated heterocycles. The highest BCUT2D eigenvalue weighted by Crippen LogP contribution is 2.25. The molecule has 0 aliphatic carbocycles. The number of rotatable bonds is 4. The average Bonchev–Trinajstić information content (AvgIpc) is 2.36. The lowest BCUT2D eigenvalue weighted by Gasteiger charge is -2.38. The van der Waals surface area contributed by atoms with Crippen molar-refractivity contribution in [2.75, 3.05) is 19.6 Å². The van der Waals surface area contributed by atoms with Crippen LogP contribution in [0.2, 0.25) is 0 Å². The number of phenols is 1. The molecule has 1 aliphatic rings. The summed E-state index contributed by atoms with van der Waals surface area (Å²) in [6.45, 7) is 5.29. The van der Waals surface area contributed by atoms with E-state index in [4.69, 9.17) is 0 Å². The van der Waals surface area contributed by atoms with E-state index in [1.54, 1.807) is 17.0 Å². The summed E-state index contributed by atoms with van der Waals surface area (Å²) in [5, 5.41) is 12.6. The maximum atomic E-state index is 12.2. The first-order valence-corrected chi connectivity index (χ1v) is 6.95. The first kappa shape index (κ1) is 14.4. The smallest absolute Gasteiger partial charge is 0.257 e. The highest BCUT2D eigenvalue weighted by Gasteiger charge is 2.36. The van der Waals surface area contributed by atoms with Gasteiger partial charge < -0.3 is 15.3 Å². The van der Waals surface area contributed by atoms with Gasteiger partial charge in [0.2, 0.25) is 5.91 Å². The van der Waals surface area contributed by atoms with Crippen LogP contribution in [0.25, 0.3) is 0 Å². The second-order valence-corrected chi connectivity index (χ2v) is 5.01. The maximum Gasteiger partial charge on any atom is 0.257 e. The van der Waals surface area contributed by atoms with E-state index in [2.05, 4.69) is 5.32 Å². The third-order valence-electron chi connectivity index (χ3n) is 3.59. The molecule has 0 radical (unpaired) electrons. The Bertz CT molecular complexity index is 522. The normalized spacial score (nSPS) is 14.8. The second-order valence-electron chi connectivity index (χ2n) is 5.01. The molecule has 1 aliphatic heterocycles. The van der Waals surface area contributed by atoms with Gasteiger partial charge in [-0.25, -0.2) is 0 Å². The minimum absolute atomic E-state index is 0.0100. The number of carbonyl (C=O) groups excluding carboxylic acids is 2. The van der Waals surface area contributed by atoms with Crippen molar-refractivity contribution < 1.29 is 14.7 Å². The van der Waals surface area contributed by atoms with Gasteiger partial charge in [0.25, 0.3) is 5.91 Å². The molecule has 2 N–H and O–H groups in total. The summed E-state index contributed by atoms with van der Waals surface area (Å²) in [5.41, 5.74) is 1.29. The number of aromatic hydroxyl groups is 1. The van der Waals surface area contributed by atoms with Gasteiger partial charge in [0.05, 0.1) is 11.5 Å². The van der Waals surface area contributed by atoms with E-state index in [-0.39, 0.29) is 23.5 Å². The lowest BCUT2D eigenvalue weighted by atomic mass is 9.97. The third kappa shape index (κ3) is 2.76. The van der Waals surface area contributed by atoms with E-state index in [9.17, 15) is 14.7 Å². The van der Waals surface area contributed by atoms with E-state index >= 15 is 0 Å². The first-order chi connectivity index (χ1) is 9.56. The van der Waals surface area contributed by atoms with Crippen LogP contribution in [0.4, 0.5) is 0 Å². The zero-order chi connectivity index (χ0) is 14.7. The van der Waals surface area contributed by atoms with Crippen LogP contribution in [0.3, 0.4) is 0 Å². The molecule has 0 atom stereocenters. The zero-order valence-electron chi connectivity index (χ0n) is 11.8. The number of likely N-dealkylation sites (tertiary alicyclic amines) is 1. The Morgan fingerprint density at radius 2 is 2.05 bits per heavy atom. The fraction of sp³-hybridized carbons (Fsp3) is 0.467. The molecule has 0 bridgehead atoms. The number of aryl methyl sites for hydroxylation is 1. The van der Waals surface area contributed by atoms with E-state index in [1.165, 1.54) is 0 Å². The molecule has 0 aromatic heterocycles. The Morgan fingerprint density at radius 1 is 1.35 bits per heavy atom. The van der Waals surface area contributed by atoms with Crippen LogP contribution in [0, 0.1) is 5.92 Å². The Balaban J connectivity index is 1.99. The highest BCUT2D eigenvalue weighted by atomic mass is 16.3. The molecule has 0 spiro atoms. The molecule has 5 nitrogen and oxygen atoms in total. The van der Waals surface area contributed by atoms with Crippen molar-refractivity contribution in [1.82, 2.24) is 10.2 Å². The van der Waals surface area contributed by atoms with Crippen LogP contribution in [0.15, 0.2) is 18.2 Å². The third-order valence-corrected chi connectivity index (χ3v) is 3.59. The number of nitrogens with zero attached hydrogens (tertiary/aromatic N) is 1. The monoisotopic (exact) mass is 276 g/mol. The van der Waals surface area contributed by atoms with Crippen LogP contribution in [0.1, 0.15) is 29.8 Å². The van der Waals surface area contributed by atoms with Crippen molar-refractivity contribution in [2.24, 2.45) is 5.92 Å². The molecule has 1 aromatic rings. The molecule has 0 unspecified atom stereocenters. The van der Waals surface area contributed by atoms with Crippen molar-refractivity contribution in [3.8, 4) is 5.75 Å². The Hall–Kier alpha value is -2.04. The first-order valence-electron chi connectivity index (χ1n) is 6.95. The van der Waals surface area contributed by atoms with Crippen molar-refractivity contribution in [3.63, 3.8) is 0 Å². The summed E-state index contributed by atoms with van der Waals surface area (Å²) in [7, 11) is 0. The van der Waals surface area contributed by atoms with Gasteiger partial charge in [-0.3, -0.25) is 9.59 Å². The molecule has 0 saturated carbocycles. The van der Waals surface area contributed by atoms with Crippen LogP contribution < -0.4 is 5.32 Å². The molecule has 20 heavy (non-hydrogen) atoms. The predicted molar refractivity (Wildman–Crippen MR) is 75.6 cm³/mol. The van der Waals surface area contributed by atoms with E-state index < -0.39 is 0 Å². The maximum absolute atomic E-state index is 12.2. The van der Waals surface area contributed by atoms with Gasteiger partial charge in [-0.2, -0.15) is 0 Å². The summed E-state index contributed by atoms with van der Waals surface area (Å²) in [6, 6.07) is 5.11. The summed E-state index contributed by atoms with van der Waals surface area (Å²) in [6.07, 6.45) is 0.811. The Labute approximate surface area is 118 Å². The Kier molecular flexibility index (Phi) is 4.27. The van der Waals surface area contributed by atoms with Crippen LogP contribution in [-0.2, 0) is 11.2 Å². The molecule has 1 aromatic carbocycles. The van der Waals surface area contributed by atoms with Crippen molar-refractivity contribution in [3.05, 3.63) is 29.3 Å². The fourth-order valence-electron chi connectivity index (χ4n) is 2.28. The molecule has 2 amide bonds. The minimum atomic E-state index is -0.217. The average molecular weight is 276 g/mol. The number of benzene rings is 1. The minimum Gasteiger partial charge on any atom is -0.507 e. The summed E-state index contributed by atoms with van der Waals surface area (Å²) in [4.78, 5) is 25.4. The standard InChI is InChI=1S/C15H20N2O3/c1-3-10-5-6-12(13(18)7-10)15(20)17-8-11(9-17)14(19)16-4-2/h5-7,11,18H,3-4,8-9H2,1-2H3,(H,16,19). The molecule has 1 fully saturated rings. The topological polar surface area (TPSA) is 69.6 Å². The van der Waals surface area contributed by atoms with Crippen LogP contribution in [0.5, 0.6) is 5.75 Å². The summed E-state index contributed by atoms with van der Waals surface area (Å²) >= 11 is 0. The number of carbonyl (C=O) groups is 2. The number of amides is 2. The molecular formula is C15H20N2O3. The van der Waals surface area contributed by atoms with Crippen LogP contribution >= 0.6 is 0 Å². The predicted octanol–water partition coefficient (Wildman–Crippen LogP) is 1.16. The SMILES string of the molecule is CCNC(=O)C1CN(C(=O)c2ccc(CC)cc2O)C1.